The molecular weight excluding hydrogens is 387 g/mol. The van der Waals surface area contributed by atoms with Gasteiger partial charge >= 0.3 is 0 Å². The van der Waals surface area contributed by atoms with Crippen LogP contribution in [0.3, 0.4) is 0 Å². The number of fused-ring (bicyclic) bond motifs is 1. The Labute approximate surface area is 159 Å². The quantitative estimate of drug-likeness (QED) is 0.741. The minimum Gasteiger partial charge on any atom is -0.325 e. The van der Waals surface area contributed by atoms with E-state index in [2.05, 4.69) is 10.6 Å². The van der Waals surface area contributed by atoms with Crippen LogP contribution in [0.25, 0.3) is 0 Å². The molecule has 2 N–H and O–H groups in total. The van der Waals surface area contributed by atoms with Crippen LogP contribution in [0, 0.1) is 0 Å². The molecule has 2 heterocycles. The molecule has 1 aromatic carbocycles. The van der Waals surface area contributed by atoms with E-state index in [-0.39, 0.29) is 23.3 Å². The van der Waals surface area contributed by atoms with Crippen LogP contribution in [0.1, 0.15) is 20.3 Å². The SMILES string of the molecule is CC1(C)C(=O)NC(=S)N2C(=O)C[C@H](C(=O)Nc3ccc(Cl)c(Cl)c3)N21. The van der Waals surface area contributed by atoms with Crippen LogP contribution in [-0.4, -0.2) is 44.4 Å². The number of benzene rings is 1. The number of amides is 3. The Balaban J connectivity index is 1.89. The Morgan fingerprint density at radius 3 is 2.64 bits per heavy atom. The molecule has 132 valence electrons. The minimum atomic E-state index is -1.12. The molecule has 3 rings (SSSR count). The summed E-state index contributed by atoms with van der Waals surface area (Å²) >= 11 is 16.9. The van der Waals surface area contributed by atoms with Crippen molar-refractivity contribution in [2.24, 2.45) is 0 Å². The topological polar surface area (TPSA) is 81.8 Å². The molecule has 0 radical (unpaired) electrons. The first kappa shape index (κ1) is 18.1. The van der Waals surface area contributed by atoms with E-state index in [9.17, 15) is 14.4 Å². The van der Waals surface area contributed by atoms with Crippen molar-refractivity contribution in [3.63, 3.8) is 0 Å². The third-order valence-electron chi connectivity index (χ3n) is 4.15. The van der Waals surface area contributed by atoms with E-state index in [4.69, 9.17) is 35.4 Å². The highest BCUT2D eigenvalue weighted by atomic mass is 35.5. The second-order valence-corrected chi connectivity index (χ2v) is 7.41. The lowest BCUT2D eigenvalue weighted by atomic mass is 10.00. The summed E-state index contributed by atoms with van der Waals surface area (Å²) in [6.45, 7) is 3.24. The lowest BCUT2D eigenvalue weighted by Gasteiger charge is -2.45. The maximum absolute atomic E-state index is 12.7. The monoisotopic (exact) mass is 400 g/mol. The normalized spacial score (nSPS) is 22.6. The van der Waals surface area contributed by atoms with Crippen molar-refractivity contribution in [1.82, 2.24) is 15.3 Å². The van der Waals surface area contributed by atoms with Crippen molar-refractivity contribution < 1.29 is 14.4 Å². The Kier molecular flexibility index (Phi) is 4.48. The van der Waals surface area contributed by atoms with Gasteiger partial charge in [0.25, 0.3) is 0 Å². The molecule has 0 aliphatic carbocycles. The van der Waals surface area contributed by atoms with E-state index in [1.807, 2.05) is 0 Å². The molecule has 0 aromatic heterocycles. The first-order valence-corrected chi connectivity index (χ1v) is 8.53. The lowest BCUT2D eigenvalue weighted by Crippen LogP contribution is -2.71. The summed E-state index contributed by atoms with van der Waals surface area (Å²) in [7, 11) is 0. The van der Waals surface area contributed by atoms with E-state index in [0.29, 0.717) is 15.7 Å². The fourth-order valence-corrected chi connectivity index (χ4v) is 3.44. The maximum Gasteiger partial charge on any atom is 0.248 e. The zero-order valence-corrected chi connectivity index (χ0v) is 15.6. The Bertz CT molecular complexity index is 814. The van der Waals surface area contributed by atoms with Gasteiger partial charge in [0.2, 0.25) is 17.7 Å². The molecule has 0 unspecified atom stereocenters. The average molecular weight is 401 g/mol. The summed E-state index contributed by atoms with van der Waals surface area (Å²) in [4.78, 5) is 37.3. The van der Waals surface area contributed by atoms with E-state index in [0.717, 1.165) is 0 Å². The van der Waals surface area contributed by atoms with Crippen LogP contribution in [0.15, 0.2) is 18.2 Å². The van der Waals surface area contributed by atoms with Crippen molar-refractivity contribution in [3.05, 3.63) is 28.2 Å². The summed E-state index contributed by atoms with van der Waals surface area (Å²) < 4.78 is 0. The number of thiocarbonyl (C=S) groups is 1. The average Bonchev–Trinajstić information content (AvgIpc) is 2.88. The number of nitrogens with one attached hydrogen (secondary N) is 2. The summed E-state index contributed by atoms with van der Waals surface area (Å²) in [6, 6.07) is 3.79. The molecular formula is C15H14Cl2N4O3S. The van der Waals surface area contributed by atoms with Crippen LogP contribution >= 0.6 is 35.4 Å². The zero-order chi connectivity index (χ0) is 18.5. The van der Waals surface area contributed by atoms with Gasteiger partial charge in [-0.25, -0.2) is 5.01 Å². The Morgan fingerprint density at radius 1 is 1.32 bits per heavy atom. The summed E-state index contributed by atoms with van der Waals surface area (Å²) in [5.41, 5.74) is -0.680. The van der Waals surface area contributed by atoms with Gasteiger partial charge in [-0.1, -0.05) is 23.2 Å². The van der Waals surface area contributed by atoms with Crippen molar-refractivity contribution >= 4 is 63.9 Å². The number of nitrogens with zero attached hydrogens (tertiary/aromatic N) is 2. The molecule has 2 aliphatic rings. The van der Waals surface area contributed by atoms with Gasteiger partial charge in [-0.3, -0.25) is 19.7 Å². The highest BCUT2D eigenvalue weighted by Crippen LogP contribution is 2.33. The fraction of sp³-hybridized carbons (Fsp3) is 0.333. The number of rotatable bonds is 2. The summed E-state index contributed by atoms with van der Waals surface area (Å²) in [6.07, 6.45) is -0.0916. The van der Waals surface area contributed by atoms with Crippen molar-refractivity contribution in [1.29, 1.82) is 0 Å². The number of anilines is 1. The standard InChI is InChI=1S/C15H14Cl2N4O3S/c1-15(2)13(24)19-14(25)20-11(22)6-10(21(15)20)12(23)18-7-3-4-8(16)9(17)5-7/h3-5,10H,6H2,1-2H3,(H,18,23)(H,19,24,25)/t10-/m1/s1. The molecule has 2 aliphatic heterocycles. The molecule has 1 aromatic rings. The highest BCUT2D eigenvalue weighted by Gasteiger charge is 2.56. The minimum absolute atomic E-state index is 0.0286. The summed E-state index contributed by atoms with van der Waals surface area (Å²) in [5, 5.41) is 8.41. The van der Waals surface area contributed by atoms with Crippen molar-refractivity contribution in [2.75, 3.05) is 5.32 Å². The third kappa shape index (κ3) is 2.99. The summed E-state index contributed by atoms with van der Waals surface area (Å²) in [5.74, 6) is -1.18. The maximum atomic E-state index is 12.7. The van der Waals surface area contributed by atoms with E-state index in [1.165, 1.54) is 16.1 Å². The zero-order valence-electron chi connectivity index (χ0n) is 13.3. The van der Waals surface area contributed by atoms with Gasteiger partial charge in [0, 0.05) is 5.69 Å². The molecule has 2 saturated heterocycles. The first-order chi connectivity index (χ1) is 11.6. The second-order valence-electron chi connectivity index (χ2n) is 6.21. The van der Waals surface area contributed by atoms with Crippen LogP contribution in [0.4, 0.5) is 5.69 Å². The van der Waals surface area contributed by atoms with Gasteiger partial charge in [-0.15, -0.1) is 0 Å². The van der Waals surface area contributed by atoms with E-state index >= 15 is 0 Å². The fourth-order valence-electron chi connectivity index (χ4n) is 2.86. The molecule has 10 heteroatoms. The second kappa shape index (κ2) is 6.21. The van der Waals surface area contributed by atoms with Gasteiger partial charge in [0.05, 0.1) is 16.5 Å². The predicted molar refractivity (Wildman–Crippen MR) is 97.0 cm³/mol. The number of carbonyl (C=O) groups is 3. The third-order valence-corrected chi connectivity index (χ3v) is 5.16. The van der Waals surface area contributed by atoms with Crippen LogP contribution in [0.5, 0.6) is 0 Å². The Hall–Kier alpha value is -1.74. The first-order valence-electron chi connectivity index (χ1n) is 7.36. The molecule has 0 saturated carbocycles. The lowest BCUT2D eigenvalue weighted by molar-refractivity contribution is -0.154. The van der Waals surface area contributed by atoms with Crippen LogP contribution < -0.4 is 10.6 Å². The Morgan fingerprint density at radius 2 is 2.00 bits per heavy atom. The van der Waals surface area contributed by atoms with Gasteiger partial charge in [0.15, 0.2) is 5.11 Å². The van der Waals surface area contributed by atoms with Crippen molar-refractivity contribution in [3.8, 4) is 0 Å². The van der Waals surface area contributed by atoms with Gasteiger partial charge in [-0.05, 0) is 44.3 Å². The van der Waals surface area contributed by atoms with E-state index < -0.39 is 17.5 Å². The van der Waals surface area contributed by atoms with Crippen LogP contribution in [0.2, 0.25) is 10.0 Å². The smallest absolute Gasteiger partial charge is 0.248 e. The van der Waals surface area contributed by atoms with Crippen LogP contribution in [-0.2, 0) is 14.4 Å². The highest BCUT2D eigenvalue weighted by molar-refractivity contribution is 7.80. The molecule has 25 heavy (non-hydrogen) atoms. The number of hydrogen-bond donors (Lipinski definition) is 2. The molecule has 0 spiro atoms. The number of halogens is 2. The number of hydrazine groups is 1. The molecule has 0 bridgehead atoms. The van der Waals surface area contributed by atoms with E-state index in [1.54, 1.807) is 26.0 Å². The number of carbonyl (C=O) groups excluding carboxylic acids is 3. The van der Waals surface area contributed by atoms with Gasteiger partial charge in [0.1, 0.15) is 11.6 Å². The molecule has 2 fully saturated rings. The largest absolute Gasteiger partial charge is 0.325 e. The van der Waals surface area contributed by atoms with Crippen molar-refractivity contribution in [2.45, 2.75) is 31.8 Å². The predicted octanol–water partition coefficient (Wildman–Crippen LogP) is 1.94. The van der Waals surface area contributed by atoms with Gasteiger partial charge < -0.3 is 5.32 Å². The number of hydrogen-bond acceptors (Lipinski definition) is 5. The molecule has 1 atom stereocenters. The molecule has 7 nitrogen and oxygen atoms in total. The molecule has 3 amide bonds. The van der Waals surface area contributed by atoms with Gasteiger partial charge in [-0.2, -0.15) is 5.01 Å².